The second kappa shape index (κ2) is 7.67. The molecule has 1 aromatic rings. The second-order valence-corrected chi connectivity index (χ2v) is 5.41. The summed E-state index contributed by atoms with van der Waals surface area (Å²) in [6.45, 7) is 0.287. The standard InChI is InChI=1S/C16H21NO4/c18-15(8-5-12-1-2-12)17-10-9-13-3-6-14(7-4-13)21-11-16(19)20/h3-4,6-7,12H,1-2,5,8-11H2,(H,17,18)(H,19,20). The Morgan fingerprint density at radius 3 is 2.57 bits per heavy atom. The maximum atomic E-state index is 11.6. The van der Waals surface area contributed by atoms with E-state index in [2.05, 4.69) is 5.32 Å². The van der Waals surface area contributed by atoms with Crippen LogP contribution in [-0.2, 0) is 16.0 Å². The number of benzene rings is 1. The van der Waals surface area contributed by atoms with E-state index in [1.807, 2.05) is 12.1 Å². The molecule has 0 saturated heterocycles. The first-order valence-corrected chi connectivity index (χ1v) is 7.33. The average molecular weight is 291 g/mol. The molecule has 5 heteroatoms. The Morgan fingerprint density at radius 2 is 1.95 bits per heavy atom. The largest absolute Gasteiger partial charge is 0.482 e. The van der Waals surface area contributed by atoms with Crippen LogP contribution in [0.5, 0.6) is 5.75 Å². The number of carboxylic acids is 1. The molecule has 0 unspecified atom stereocenters. The van der Waals surface area contributed by atoms with Crippen molar-refractivity contribution in [2.45, 2.75) is 32.1 Å². The summed E-state index contributed by atoms with van der Waals surface area (Å²) < 4.78 is 5.06. The SMILES string of the molecule is O=C(O)COc1ccc(CCNC(=O)CCC2CC2)cc1. The molecular formula is C16H21NO4. The quantitative estimate of drug-likeness (QED) is 0.729. The van der Waals surface area contributed by atoms with Gasteiger partial charge in [0, 0.05) is 13.0 Å². The molecule has 1 aliphatic carbocycles. The van der Waals surface area contributed by atoms with Crippen molar-refractivity contribution in [1.82, 2.24) is 5.32 Å². The van der Waals surface area contributed by atoms with Gasteiger partial charge in [-0.15, -0.1) is 0 Å². The second-order valence-electron chi connectivity index (χ2n) is 5.41. The van der Waals surface area contributed by atoms with Crippen LogP contribution in [0.25, 0.3) is 0 Å². The number of aliphatic carboxylic acids is 1. The van der Waals surface area contributed by atoms with Crippen LogP contribution in [0.4, 0.5) is 0 Å². The number of amides is 1. The Hall–Kier alpha value is -2.04. The molecule has 5 nitrogen and oxygen atoms in total. The summed E-state index contributed by atoms with van der Waals surface area (Å²) in [6, 6.07) is 7.25. The molecule has 1 aliphatic rings. The fourth-order valence-corrected chi connectivity index (χ4v) is 2.07. The molecule has 2 rings (SSSR count). The minimum Gasteiger partial charge on any atom is -0.482 e. The summed E-state index contributed by atoms with van der Waals surface area (Å²) in [5, 5.41) is 11.4. The molecule has 1 amide bonds. The van der Waals surface area contributed by atoms with E-state index in [0.717, 1.165) is 24.3 Å². The van der Waals surface area contributed by atoms with Crippen molar-refractivity contribution in [2.24, 2.45) is 5.92 Å². The van der Waals surface area contributed by atoms with E-state index >= 15 is 0 Å². The zero-order valence-electron chi connectivity index (χ0n) is 12.0. The number of carbonyl (C=O) groups excluding carboxylic acids is 1. The van der Waals surface area contributed by atoms with Gasteiger partial charge >= 0.3 is 5.97 Å². The van der Waals surface area contributed by atoms with Crippen LogP contribution in [-0.4, -0.2) is 30.1 Å². The van der Waals surface area contributed by atoms with Gasteiger partial charge in [-0.25, -0.2) is 4.79 Å². The van der Waals surface area contributed by atoms with Crippen LogP contribution in [0.2, 0.25) is 0 Å². The van der Waals surface area contributed by atoms with Gasteiger partial charge in [-0.05, 0) is 36.5 Å². The third-order valence-corrected chi connectivity index (χ3v) is 3.50. The summed E-state index contributed by atoms with van der Waals surface area (Å²) in [6.07, 6.45) is 4.97. The van der Waals surface area contributed by atoms with Crippen molar-refractivity contribution in [2.75, 3.05) is 13.2 Å². The maximum Gasteiger partial charge on any atom is 0.341 e. The van der Waals surface area contributed by atoms with Crippen molar-refractivity contribution in [3.8, 4) is 5.75 Å². The molecule has 0 atom stereocenters. The molecule has 0 aliphatic heterocycles. The minimum absolute atomic E-state index is 0.128. The molecule has 0 bridgehead atoms. The first-order chi connectivity index (χ1) is 10.1. The van der Waals surface area contributed by atoms with E-state index in [9.17, 15) is 9.59 Å². The molecule has 0 heterocycles. The van der Waals surface area contributed by atoms with Crippen LogP contribution in [0.15, 0.2) is 24.3 Å². The molecular weight excluding hydrogens is 270 g/mol. The van der Waals surface area contributed by atoms with E-state index in [1.165, 1.54) is 12.8 Å². The minimum atomic E-state index is -0.993. The highest BCUT2D eigenvalue weighted by Gasteiger charge is 2.21. The van der Waals surface area contributed by atoms with E-state index in [4.69, 9.17) is 9.84 Å². The topological polar surface area (TPSA) is 75.6 Å². The fraction of sp³-hybridized carbons (Fsp3) is 0.500. The van der Waals surface area contributed by atoms with Gasteiger partial charge in [0.1, 0.15) is 5.75 Å². The van der Waals surface area contributed by atoms with E-state index in [-0.39, 0.29) is 12.5 Å². The number of carboxylic acid groups (broad SMARTS) is 1. The third-order valence-electron chi connectivity index (χ3n) is 3.50. The van der Waals surface area contributed by atoms with Crippen LogP contribution < -0.4 is 10.1 Å². The average Bonchev–Trinajstić information content (AvgIpc) is 3.28. The lowest BCUT2D eigenvalue weighted by atomic mass is 10.1. The van der Waals surface area contributed by atoms with E-state index in [1.54, 1.807) is 12.1 Å². The van der Waals surface area contributed by atoms with Crippen molar-refractivity contribution in [3.63, 3.8) is 0 Å². The van der Waals surface area contributed by atoms with Crippen molar-refractivity contribution in [1.29, 1.82) is 0 Å². The smallest absolute Gasteiger partial charge is 0.341 e. The lowest BCUT2D eigenvalue weighted by Gasteiger charge is -2.07. The lowest BCUT2D eigenvalue weighted by molar-refractivity contribution is -0.139. The van der Waals surface area contributed by atoms with Gasteiger partial charge in [0.25, 0.3) is 0 Å². The molecule has 0 spiro atoms. The number of carbonyl (C=O) groups is 2. The number of rotatable bonds is 9. The van der Waals surface area contributed by atoms with Gasteiger partial charge in [0.15, 0.2) is 6.61 Å². The van der Waals surface area contributed by atoms with Gasteiger partial charge in [0.05, 0.1) is 0 Å². The zero-order chi connectivity index (χ0) is 15.1. The van der Waals surface area contributed by atoms with E-state index < -0.39 is 5.97 Å². The summed E-state index contributed by atoms with van der Waals surface area (Å²) >= 11 is 0. The molecule has 1 aromatic carbocycles. The highest BCUT2D eigenvalue weighted by molar-refractivity contribution is 5.75. The number of ether oxygens (including phenoxy) is 1. The van der Waals surface area contributed by atoms with Gasteiger partial charge in [-0.2, -0.15) is 0 Å². The predicted molar refractivity (Wildman–Crippen MR) is 78.2 cm³/mol. The third kappa shape index (κ3) is 6.29. The first-order valence-electron chi connectivity index (χ1n) is 7.33. The summed E-state index contributed by atoms with van der Waals surface area (Å²) in [5.41, 5.74) is 1.08. The van der Waals surface area contributed by atoms with Crippen molar-refractivity contribution in [3.05, 3.63) is 29.8 Å². The Labute approximate surface area is 124 Å². The Kier molecular flexibility index (Phi) is 5.60. The molecule has 0 radical (unpaired) electrons. The van der Waals surface area contributed by atoms with Gasteiger partial charge in [0.2, 0.25) is 5.91 Å². The summed E-state index contributed by atoms with van der Waals surface area (Å²) in [7, 11) is 0. The highest BCUT2D eigenvalue weighted by atomic mass is 16.5. The van der Waals surface area contributed by atoms with Crippen molar-refractivity contribution >= 4 is 11.9 Å². The molecule has 21 heavy (non-hydrogen) atoms. The predicted octanol–water partition coefficient (Wildman–Crippen LogP) is 2.00. The fourth-order valence-electron chi connectivity index (χ4n) is 2.07. The Bertz CT molecular complexity index is 480. The molecule has 2 N–H and O–H groups in total. The molecule has 1 saturated carbocycles. The molecule has 1 fully saturated rings. The lowest BCUT2D eigenvalue weighted by Crippen LogP contribution is -2.25. The molecule has 0 aromatic heterocycles. The van der Waals surface area contributed by atoms with Gasteiger partial charge in [-0.3, -0.25) is 4.79 Å². The van der Waals surface area contributed by atoms with Crippen LogP contribution >= 0.6 is 0 Å². The van der Waals surface area contributed by atoms with Crippen LogP contribution in [0.3, 0.4) is 0 Å². The normalized spacial score (nSPS) is 13.7. The Morgan fingerprint density at radius 1 is 1.24 bits per heavy atom. The van der Waals surface area contributed by atoms with Crippen LogP contribution in [0.1, 0.15) is 31.2 Å². The van der Waals surface area contributed by atoms with Gasteiger partial charge < -0.3 is 15.2 Å². The van der Waals surface area contributed by atoms with Gasteiger partial charge in [-0.1, -0.05) is 25.0 Å². The van der Waals surface area contributed by atoms with Crippen LogP contribution in [0, 0.1) is 5.92 Å². The number of hydrogen-bond acceptors (Lipinski definition) is 3. The summed E-state index contributed by atoms with van der Waals surface area (Å²) in [4.78, 5) is 22.0. The number of nitrogens with one attached hydrogen (secondary N) is 1. The monoisotopic (exact) mass is 291 g/mol. The van der Waals surface area contributed by atoms with Crippen molar-refractivity contribution < 1.29 is 19.4 Å². The van der Waals surface area contributed by atoms with E-state index in [0.29, 0.717) is 18.7 Å². The Balaban J connectivity index is 1.63. The summed E-state index contributed by atoms with van der Waals surface area (Å²) in [5.74, 6) is 0.458. The number of hydrogen-bond donors (Lipinski definition) is 2. The molecule has 114 valence electrons. The highest BCUT2D eigenvalue weighted by Crippen LogP contribution is 2.33. The first kappa shape index (κ1) is 15.4. The zero-order valence-corrected chi connectivity index (χ0v) is 12.0. The maximum absolute atomic E-state index is 11.6.